The van der Waals surface area contributed by atoms with Crippen molar-refractivity contribution < 1.29 is 9.47 Å². The maximum Gasteiger partial charge on any atom is 0.191 e. The molecule has 0 saturated heterocycles. The molecule has 0 saturated carbocycles. The van der Waals surface area contributed by atoms with E-state index in [1.165, 1.54) is 0 Å². The third kappa shape index (κ3) is 6.43. The Balaban J connectivity index is 2.47. The molecule has 0 spiro atoms. The van der Waals surface area contributed by atoms with E-state index in [1.54, 1.807) is 7.11 Å². The van der Waals surface area contributed by atoms with E-state index in [-0.39, 0.29) is 0 Å². The molecule has 1 aromatic carbocycles. The van der Waals surface area contributed by atoms with E-state index >= 15 is 0 Å². The summed E-state index contributed by atoms with van der Waals surface area (Å²) in [5.41, 5.74) is 1.15. The molecule has 0 fully saturated rings. The largest absolute Gasteiger partial charge is 0.497 e. The monoisotopic (exact) mass is 279 g/mol. The zero-order valence-corrected chi connectivity index (χ0v) is 12.6. The van der Waals surface area contributed by atoms with Gasteiger partial charge in [-0.3, -0.25) is 0 Å². The second-order valence-electron chi connectivity index (χ2n) is 4.17. The minimum atomic E-state index is 0.633. The van der Waals surface area contributed by atoms with Gasteiger partial charge in [-0.05, 0) is 31.5 Å². The molecule has 0 bridgehead atoms. The third-order valence-corrected chi connectivity index (χ3v) is 2.67. The number of nitrogens with zero attached hydrogens (tertiary/aromatic N) is 1. The van der Waals surface area contributed by atoms with Crippen LogP contribution in [-0.2, 0) is 11.3 Å². The molecule has 5 heteroatoms. The second kappa shape index (κ2) is 10.1. The number of hydrogen-bond donors (Lipinski definition) is 2. The van der Waals surface area contributed by atoms with Gasteiger partial charge in [0.25, 0.3) is 0 Å². The van der Waals surface area contributed by atoms with Gasteiger partial charge < -0.3 is 20.1 Å². The van der Waals surface area contributed by atoms with Crippen LogP contribution in [0.1, 0.15) is 19.4 Å². The van der Waals surface area contributed by atoms with E-state index in [4.69, 9.17) is 9.47 Å². The van der Waals surface area contributed by atoms with Crippen molar-refractivity contribution in [2.75, 3.05) is 33.4 Å². The Hall–Kier alpha value is -1.75. The number of rotatable bonds is 8. The van der Waals surface area contributed by atoms with Gasteiger partial charge in [-0.15, -0.1) is 0 Å². The molecule has 20 heavy (non-hydrogen) atoms. The topological polar surface area (TPSA) is 54.9 Å². The fourth-order valence-corrected chi connectivity index (χ4v) is 1.63. The molecule has 0 unspecified atom stereocenters. The molecule has 2 N–H and O–H groups in total. The number of benzene rings is 1. The van der Waals surface area contributed by atoms with Crippen molar-refractivity contribution in [1.82, 2.24) is 10.6 Å². The molecule has 1 rings (SSSR count). The zero-order valence-electron chi connectivity index (χ0n) is 12.6. The quantitative estimate of drug-likeness (QED) is 0.433. The van der Waals surface area contributed by atoms with Crippen molar-refractivity contribution in [3.63, 3.8) is 0 Å². The fourth-order valence-electron chi connectivity index (χ4n) is 1.63. The first-order valence-corrected chi connectivity index (χ1v) is 7.03. The fraction of sp³-hybridized carbons (Fsp3) is 0.533. The normalized spacial score (nSPS) is 11.2. The maximum absolute atomic E-state index is 5.29. The highest BCUT2D eigenvalue weighted by molar-refractivity contribution is 5.79. The number of aliphatic imine (C=N–C) groups is 1. The predicted octanol–water partition coefficient (Wildman–Crippen LogP) is 1.79. The van der Waals surface area contributed by atoms with Crippen LogP contribution in [0, 0.1) is 0 Å². The summed E-state index contributed by atoms with van der Waals surface area (Å²) in [7, 11) is 1.67. The Morgan fingerprint density at radius 2 is 1.90 bits per heavy atom. The van der Waals surface area contributed by atoms with Crippen LogP contribution in [0.2, 0.25) is 0 Å². The van der Waals surface area contributed by atoms with E-state index < -0.39 is 0 Å². The van der Waals surface area contributed by atoms with Gasteiger partial charge in [0.15, 0.2) is 5.96 Å². The van der Waals surface area contributed by atoms with Gasteiger partial charge in [-0.25, -0.2) is 4.99 Å². The number of nitrogens with one attached hydrogen (secondary N) is 2. The Bertz CT molecular complexity index is 391. The molecule has 0 aliphatic heterocycles. The lowest BCUT2D eigenvalue weighted by Crippen LogP contribution is -2.39. The molecule has 0 heterocycles. The maximum atomic E-state index is 5.29. The standard InChI is InChI=1S/C15H25N3O2/c1-4-16-15(17-10-11-20-5-2)18-12-13-6-8-14(19-3)9-7-13/h6-9H,4-5,10-12H2,1-3H3,(H2,16,17,18). The molecule has 0 aliphatic carbocycles. The second-order valence-corrected chi connectivity index (χ2v) is 4.17. The first-order valence-electron chi connectivity index (χ1n) is 7.03. The molecule has 0 atom stereocenters. The van der Waals surface area contributed by atoms with Crippen LogP contribution in [-0.4, -0.2) is 39.4 Å². The van der Waals surface area contributed by atoms with E-state index in [0.717, 1.165) is 37.0 Å². The van der Waals surface area contributed by atoms with Crippen LogP contribution in [0.5, 0.6) is 5.75 Å². The van der Waals surface area contributed by atoms with E-state index in [1.807, 2.05) is 38.1 Å². The zero-order chi connectivity index (χ0) is 14.6. The summed E-state index contributed by atoms with van der Waals surface area (Å²) in [5.74, 6) is 1.67. The molecule has 112 valence electrons. The summed E-state index contributed by atoms with van der Waals surface area (Å²) in [6, 6.07) is 7.93. The molecular formula is C15H25N3O2. The summed E-state index contributed by atoms with van der Waals surface area (Å²) in [5, 5.41) is 6.45. The van der Waals surface area contributed by atoms with Crippen molar-refractivity contribution in [3.05, 3.63) is 29.8 Å². The highest BCUT2D eigenvalue weighted by Crippen LogP contribution is 2.11. The number of hydrogen-bond acceptors (Lipinski definition) is 3. The Morgan fingerprint density at radius 3 is 2.50 bits per heavy atom. The number of guanidine groups is 1. The van der Waals surface area contributed by atoms with Crippen LogP contribution in [0.25, 0.3) is 0 Å². The first-order chi connectivity index (χ1) is 9.80. The van der Waals surface area contributed by atoms with Crippen molar-refractivity contribution in [3.8, 4) is 5.75 Å². The summed E-state index contributed by atoms with van der Waals surface area (Å²) >= 11 is 0. The lowest BCUT2D eigenvalue weighted by molar-refractivity contribution is 0.152. The van der Waals surface area contributed by atoms with Crippen molar-refractivity contribution in [1.29, 1.82) is 0 Å². The molecule has 0 aliphatic rings. The summed E-state index contributed by atoms with van der Waals surface area (Å²) in [6.45, 7) is 7.68. The van der Waals surface area contributed by atoms with Crippen LogP contribution >= 0.6 is 0 Å². The Morgan fingerprint density at radius 1 is 1.15 bits per heavy atom. The molecular weight excluding hydrogens is 254 g/mol. The smallest absolute Gasteiger partial charge is 0.191 e. The number of ether oxygens (including phenoxy) is 2. The lowest BCUT2D eigenvalue weighted by atomic mass is 10.2. The third-order valence-electron chi connectivity index (χ3n) is 2.67. The summed E-state index contributed by atoms with van der Waals surface area (Å²) in [6.07, 6.45) is 0. The molecule has 0 radical (unpaired) electrons. The molecule has 1 aromatic rings. The highest BCUT2D eigenvalue weighted by Gasteiger charge is 1.98. The molecule has 5 nitrogen and oxygen atoms in total. The van der Waals surface area contributed by atoms with Crippen molar-refractivity contribution >= 4 is 5.96 Å². The average Bonchev–Trinajstić information content (AvgIpc) is 2.49. The molecule has 0 amide bonds. The number of methoxy groups -OCH3 is 1. The van der Waals surface area contributed by atoms with Crippen LogP contribution < -0.4 is 15.4 Å². The highest BCUT2D eigenvalue weighted by atomic mass is 16.5. The van der Waals surface area contributed by atoms with Gasteiger partial charge >= 0.3 is 0 Å². The Kier molecular flexibility index (Phi) is 8.22. The summed E-state index contributed by atoms with van der Waals surface area (Å²) < 4.78 is 10.4. The Labute approximate surface area is 121 Å². The van der Waals surface area contributed by atoms with E-state index in [9.17, 15) is 0 Å². The van der Waals surface area contributed by atoms with E-state index in [0.29, 0.717) is 13.2 Å². The van der Waals surface area contributed by atoms with Gasteiger partial charge in [0.1, 0.15) is 5.75 Å². The van der Waals surface area contributed by atoms with Crippen LogP contribution in [0.3, 0.4) is 0 Å². The van der Waals surface area contributed by atoms with Gasteiger partial charge in [-0.2, -0.15) is 0 Å². The average molecular weight is 279 g/mol. The lowest BCUT2D eigenvalue weighted by Gasteiger charge is -2.11. The first kappa shape index (κ1) is 16.3. The minimum Gasteiger partial charge on any atom is -0.497 e. The van der Waals surface area contributed by atoms with Crippen LogP contribution in [0.15, 0.2) is 29.3 Å². The van der Waals surface area contributed by atoms with Crippen molar-refractivity contribution in [2.24, 2.45) is 4.99 Å². The SMILES string of the molecule is CCNC(=NCc1ccc(OC)cc1)NCCOCC. The van der Waals surface area contributed by atoms with Crippen LogP contribution in [0.4, 0.5) is 0 Å². The minimum absolute atomic E-state index is 0.633. The molecule has 0 aromatic heterocycles. The van der Waals surface area contributed by atoms with Crippen molar-refractivity contribution in [2.45, 2.75) is 20.4 Å². The predicted molar refractivity (Wildman–Crippen MR) is 82.3 cm³/mol. The van der Waals surface area contributed by atoms with Gasteiger partial charge in [0.2, 0.25) is 0 Å². The summed E-state index contributed by atoms with van der Waals surface area (Å²) in [4.78, 5) is 4.53. The van der Waals surface area contributed by atoms with Gasteiger partial charge in [0, 0.05) is 19.7 Å². The van der Waals surface area contributed by atoms with E-state index in [2.05, 4.69) is 15.6 Å². The van der Waals surface area contributed by atoms with Gasteiger partial charge in [0.05, 0.1) is 20.3 Å². The van der Waals surface area contributed by atoms with Gasteiger partial charge in [-0.1, -0.05) is 12.1 Å².